The number of nitrogens with one attached hydrogen (secondary N) is 5. The number of imidazole rings is 4. The lowest BCUT2D eigenvalue weighted by atomic mass is 9.90. The fourth-order valence-electron chi connectivity index (χ4n) is 11.5. The summed E-state index contributed by atoms with van der Waals surface area (Å²) in [5, 5.41) is 84.4. The zero-order valence-electron chi connectivity index (χ0n) is 50.3. The number of terminal acetylenes is 2. The summed E-state index contributed by atoms with van der Waals surface area (Å²) >= 11 is 0. The van der Waals surface area contributed by atoms with E-state index in [4.69, 9.17) is 48.6 Å². The van der Waals surface area contributed by atoms with Gasteiger partial charge in [-0.3, -0.25) is 32.7 Å². The molecule has 12 heterocycles. The molecule has 0 aliphatic carbocycles. The largest absolute Gasteiger partial charge is 0.398 e. The smallest absolute Gasteiger partial charge is 0.397 e. The van der Waals surface area contributed by atoms with Gasteiger partial charge in [-0.15, -0.1) is 12.8 Å². The fourth-order valence-corrected chi connectivity index (χ4v) is 11.5. The second kappa shape index (κ2) is 26.9. The first-order valence-electron chi connectivity index (χ1n) is 28.0. The van der Waals surface area contributed by atoms with E-state index in [9.17, 15) is 108 Å². The third-order valence-corrected chi connectivity index (χ3v) is 16.3. The Bertz CT molecular complexity index is 4760. The maximum absolute atomic E-state index is 13.6. The van der Waals surface area contributed by atoms with Gasteiger partial charge in [0.1, 0.15) is 95.2 Å². The molecule has 12 rings (SSSR count). The van der Waals surface area contributed by atoms with E-state index in [1.807, 2.05) is 11.8 Å². The summed E-state index contributed by atoms with van der Waals surface area (Å²) in [4.78, 5) is 75.1. The van der Waals surface area contributed by atoms with E-state index >= 15 is 0 Å². The first kappa shape index (κ1) is 74.2. The standard InChI is InChI=1S/C14H13F3N4O4.C14H12F3N3O4.C12H12F3N7O4.C12H13F3N7O3/c1-3-13(4-22)9(23)7(14(15,16)17)12(25-13)21-5-18-8-10(21)19-6(2)20-11(8)24;1-2-13(5-21)10(23)8(14(15,16)17)12(24-13)20-6-19-9-7(22)3-4-18-11(9)20;1-4-18-8-6(9(25)19-4)17-3-22(8)10-5(12(13,14)15)7(24)11(2-23,26-10)20-21-16;13-12(14,15)6-8(24)11(3-23,20-21-17)25-10(6)22-4-19-7-5(16)1-2-18-9(7)22/h1,5,7,9,12,22-23H,4H2,2H3,(H,19,20,24);1,3-4,6,8,10,12,21,23H,5H2,(H,18,22);3,5,7,10,16,23-24H,2H2,1H3;1-2,4,6,8,10,17,23-24H,3H2,(H2,16,18)/q;;;+1/p+1/t7-,9-,12+,13+;8-,10-,12+,13+;5-,7-,10+,11+;6-,8-,10+,11+/m0000/s1. The van der Waals surface area contributed by atoms with Crippen molar-refractivity contribution in [3.8, 4) is 24.7 Å². The number of fused-ring (bicyclic) bond motifs is 4. The summed E-state index contributed by atoms with van der Waals surface area (Å²) in [5.74, 6) is -5.78. The topological polar surface area (TPSA) is 534 Å². The number of aromatic nitrogens is 14. The average molecular weight is 1440 g/mol. The number of hydrogen-bond donors (Lipinski definition) is 14. The lowest BCUT2D eigenvalue weighted by molar-refractivity contribution is -0.211. The van der Waals surface area contributed by atoms with Gasteiger partial charge in [-0.25, -0.2) is 34.9 Å². The van der Waals surface area contributed by atoms with Crippen molar-refractivity contribution in [3.05, 3.63) is 92.4 Å². The van der Waals surface area contributed by atoms with Crippen LogP contribution in [0, 0.1) is 73.3 Å². The summed E-state index contributed by atoms with van der Waals surface area (Å²) in [5.41, 5.74) is 7.53. The highest BCUT2D eigenvalue weighted by atomic mass is 19.4. The van der Waals surface area contributed by atoms with E-state index in [-0.39, 0.29) is 62.0 Å². The van der Waals surface area contributed by atoms with Gasteiger partial charge >= 0.3 is 24.7 Å². The van der Waals surface area contributed by atoms with Crippen molar-refractivity contribution in [1.82, 2.24) is 77.9 Å². The van der Waals surface area contributed by atoms with Crippen LogP contribution in [-0.4, -0.2) is 207 Å². The molecule has 0 aromatic carbocycles. The van der Waals surface area contributed by atoms with Crippen LogP contribution in [0.25, 0.3) is 44.7 Å². The van der Waals surface area contributed by atoms with E-state index < -0.39 is 163 Å². The predicted octanol–water partition coefficient (Wildman–Crippen LogP) is 0.0735. The van der Waals surface area contributed by atoms with Crippen LogP contribution in [-0.2, 0) is 18.9 Å². The second-order valence-corrected chi connectivity index (χ2v) is 22.2. The van der Waals surface area contributed by atoms with Gasteiger partial charge < -0.3 is 80.5 Å². The Hall–Kier alpha value is -10.0. The normalized spacial score (nSPS) is 29.8. The Morgan fingerprint density at radius 1 is 0.550 bits per heavy atom. The van der Waals surface area contributed by atoms with Gasteiger partial charge in [-0.05, 0) is 19.9 Å². The van der Waals surface area contributed by atoms with Gasteiger partial charge in [-0.1, -0.05) is 11.8 Å². The molecule has 8 aromatic heterocycles. The summed E-state index contributed by atoms with van der Waals surface area (Å²) in [6.45, 7) is -1.41. The van der Waals surface area contributed by atoms with Crippen LogP contribution in [0.5, 0.6) is 0 Å². The number of aliphatic hydroxyl groups is 8. The molecule has 0 unspecified atom stereocenters. The van der Waals surface area contributed by atoms with Crippen molar-refractivity contribution in [1.29, 1.82) is 11.1 Å². The minimum Gasteiger partial charge on any atom is -0.397 e. The molecule has 100 heavy (non-hydrogen) atoms. The van der Waals surface area contributed by atoms with Crippen LogP contribution in [0.3, 0.4) is 0 Å². The number of anilines is 1. The van der Waals surface area contributed by atoms with Crippen LogP contribution in [0.2, 0.25) is 0 Å². The minimum absolute atomic E-state index is 0.00278. The number of ether oxygens (including phenoxy) is 4. The fraction of sp³-hybridized carbons (Fsp3) is 0.500. The highest BCUT2D eigenvalue weighted by molar-refractivity contribution is 5.83. The van der Waals surface area contributed by atoms with Gasteiger partial charge in [-0.2, -0.15) is 52.7 Å². The Morgan fingerprint density at radius 2 is 0.910 bits per heavy atom. The Kier molecular flexibility index (Phi) is 20.0. The van der Waals surface area contributed by atoms with Crippen molar-refractivity contribution >= 4 is 50.3 Å². The number of aliphatic hydroxyl groups excluding tert-OH is 8. The molecule has 0 amide bonds. The molecule has 4 aliphatic heterocycles. The average Bonchev–Trinajstić information content (AvgIpc) is 1.60. The van der Waals surface area contributed by atoms with Gasteiger partial charge in [0.25, 0.3) is 22.6 Å². The number of hydrogen-bond acceptors (Lipinski definition) is 27. The zero-order chi connectivity index (χ0) is 73.9. The second-order valence-electron chi connectivity index (χ2n) is 22.2. The summed E-state index contributed by atoms with van der Waals surface area (Å²) in [6, 6.07) is 2.60. The maximum atomic E-state index is 13.6. The van der Waals surface area contributed by atoms with Crippen molar-refractivity contribution in [2.24, 2.45) is 33.9 Å². The number of aryl methyl sites for hydroxylation is 2. The molecule has 16 atom stereocenters. The number of rotatable bonds is 10. The summed E-state index contributed by atoms with van der Waals surface area (Å²) in [6.07, 6.45) is -19.3. The maximum Gasteiger partial charge on any atom is 0.398 e. The molecular weight excluding hydrogens is 1390 g/mol. The van der Waals surface area contributed by atoms with Crippen LogP contribution >= 0.6 is 0 Å². The van der Waals surface area contributed by atoms with E-state index in [2.05, 4.69) is 69.9 Å². The predicted molar refractivity (Wildman–Crippen MR) is 302 cm³/mol. The van der Waals surface area contributed by atoms with Crippen molar-refractivity contribution in [2.75, 3.05) is 32.2 Å². The Labute approximate surface area is 544 Å². The lowest BCUT2D eigenvalue weighted by Gasteiger charge is -2.25. The summed E-state index contributed by atoms with van der Waals surface area (Å²) < 4.78 is 187. The van der Waals surface area contributed by atoms with E-state index in [1.54, 1.807) is 0 Å². The molecule has 536 valence electrons. The summed E-state index contributed by atoms with van der Waals surface area (Å²) in [7, 11) is 0. The van der Waals surface area contributed by atoms with Crippen LogP contribution in [0.1, 0.15) is 36.6 Å². The van der Waals surface area contributed by atoms with Crippen LogP contribution in [0.4, 0.5) is 58.4 Å². The van der Waals surface area contributed by atoms with Crippen LogP contribution < -0.4 is 32.1 Å². The Morgan fingerprint density at radius 3 is 1.29 bits per heavy atom. The molecule has 4 fully saturated rings. The number of H-pyrrole nitrogens is 3. The molecule has 0 radical (unpaired) electrons. The zero-order valence-corrected chi connectivity index (χ0v) is 50.3. The molecule has 48 heteroatoms. The van der Waals surface area contributed by atoms with E-state index in [0.717, 1.165) is 43.6 Å². The van der Waals surface area contributed by atoms with Crippen molar-refractivity contribution < 1.29 is 112 Å². The number of alkyl halides is 12. The molecule has 8 aromatic rings. The number of pyridine rings is 2. The van der Waals surface area contributed by atoms with Gasteiger partial charge in [0.05, 0.1) is 44.2 Å². The van der Waals surface area contributed by atoms with Crippen molar-refractivity contribution in [2.45, 2.75) is 111 Å². The molecular formula is C52H51F12N21O15+2. The van der Waals surface area contributed by atoms with Gasteiger partial charge in [0.2, 0.25) is 15.3 Å². The lowest BCUT2D eigenvalue weighted by Crippen LogP contribution is -2.46. The molecule has 4 saturated heterocycles. The quantitative estimate of drug-likeness (QED) is 0.0373. The molecule has 0 spiro atoms. The number of nitrogens with zero attached hydrogens (tertiary/aromatic N) is 15. The molecule has 36 nitrogen and oxygen atoms in total. The van der Waals surface area contributed by atoms with E-state index in [0.29, 0.717) is 0 Å². The monoisotopic (exact) mass is 1440 g/mol. The molecule has 15 N–H and O–H groups in total. The van der Waals surface area contributed by atoms with Gasteiger partial charge in [0, 0.05) is 18.5 Å². The molecule has 0 saturated carbocycles. The SMILES string of the molecule is C#C[C@]1(CO)O[C@@H](n2cnc3c(=O)[nH]c(C)nc32)[C@@H](C(F)(F)F)[C@@H]1O.C#C[C@]1(CO)O[C@@H](n2cnc3c(=O)cc[nH]c32)[C@@H](C(F)(F)F)[C@@H]1O.Cc1nc2c(ncn2[C@@H]2O[C@@](CO)(N=[N+]=N)[C@@H](O)[C@@H]2C(F)(F)F)c(=O)[nH]1.N=[N+]=N[C@]1(CO)O[C@@H](n2cnc3c(N)ccnc32)[C@@H](C(F)(F)F)[C@@H]1O. The molecule has 0 bridgehead atoms. The first-order chi connectivity index (χ1) is 46.8. The highest BCUT2D eigenvalue weighted by Gasteiger charge is 2.70. The number of nitrogens with two attached hydrogens (primary N) is 1. The molecule has 4 aliphatic rings. The minimum atomic E-state index is -4.97. The third-order valence-electron chi connectivity index (χ3n) is 16.3. The highest BCUT2D eigenvalue weighted by Crippen LogP contribution is 2.54. The number of nitrogen functional groups attached to an aromatic ring is 1. The Balaban J connectivity index is 0.000000156. The number of aromatic amines is 3. The first-order valence-corrected chi connectivity index (χ1v) is 28.0. The van der Waals surface area contributed by atoms with Crippen molar-refractivity contribution in [3.63, 3.8) is 0 Å². The van der Waals surface area contributed by atoms with Gasteiger partial charge in [0.15, 0.2) is 79.8 Å². The number of halogens is 12. The third kappa shape index (κ3) is 12.8. The van der Waals surface area contributed by atoms with Crippen LogP contribution in [0.15, 0.2) is 74.4 Å². The van der Waals surface area contributed by atoms with E-state index in [1.165, 1.54) is 38.4 Å².